The van der Waals surface area contributed by atoms with E-state index >= 15 is 0 Å². The van der Waals surface area contributed by atoms with Crippen LogP contribution in [0.25, 0.3) is 0 Å². The predicted octanol–water partition coefficient (Wildman–Crippen LogP) is 1.04. The molecule has 5 heteroatoms. The zero-order valence-corrected chi connectivity index (χ0v) is 9.06. The number of hydrogen-bond donors (Lipinski definition) is 3. The lowest BCUT2D eigenvalue weighted by molar-refractivity contribution is 0.281. The highest BCUT2D eigenvalue weighted by Gasteiger charge is 2.18. The molecule has 0 aliphatic carbocycles. The molecule has 0 aromatic heterocycles. The van der Waals surface area contributed by atoms with E-state index in [0.29, 0.717) is 0 Å². The summed E-state index contributed by atoms with van der Waals surface area (Å²) in [6, 6.07) is 4.84. The zero-order valence-electron chi connectivity index (χ0n) is 9.06. The molecule has 0 saturated heterocycles. The van der Waals surface area contributed by atoms with Crippen LogP contribution in [0.4, 0.5) is 0 Å². The molecule has 4 nitrogen and oxygen atoms in total. The molecule has 0 aliphatic heterocycles. The second-order valence-electron chi connectivity index (χ2n) is 4.38. The molecule has 1 rings (SSSR count). The molecule has 0 heterocycles. The van der Waals surface area contributed by atoms with E-state index in [1.165, 1.54) is 6.07 Å². The molecule has 0 aliphatic rings. The Hall–Kier alpha value is -1.20. The third kappa shape index (κ3) is 3.14. The van der Waals surface area contributed by atoms with Gasteiger partial charge in [-0.1, -0.05) is 26.8 Å². The lowest BCUT2D eigenvalue weighted by Crippen LogP contribution is -2.20. The van der Waals surface area contributed by atoms with Crippen LogP contribution in [0.5, 0.6) is 11.5 Å². The summed E-state index contributed by atoms with van der Waals surface area (Å²) in [4.78, 5) is 0. The summed E-state index contributed by atoms with van der Waals surface area (Å²) in [5.41, 5.74) is 0.869. The summed E-state index contributed by atoms with van der Waals surface area (Å²) in [5, 5.41) is 26.7. The molecular formula is C10H15BO4. The van der Waals surface area contributed by atoms with Gasteiger partial charge in [0.05, 0.1) is 0 Å². The first kappa shape index (κ1) is 11.9. The Morgan fingerprint density at radius 1 is 1.20 bits per heavy atom. The van der Waals surface area contributed by atoms with Gasteiger partial charge in [-0.25, -0.2) is 0 Å². The first-order valence-corrected chi connectivity index (χ1v) is 4.67. The summed E-state index contributed by atoms with van der Waals surface area (Å²) in [6.07, 6.45) is 0. The lowest BCUT2D eigenvalue weighted by atomic mass is 9.87. The Balaban J connectivity index is 2.98. The van der Waals surface area contributed by atoms with Gasteiger partial charge in [0.2, 0.25) is 0 Å². The van der Waals surface area contributed by atoms with Gasteiger partial charge < -0.3 is 19.8 Å². The molecule has 0 fully saturated rings. The number of aromatic hydroxyl groups is 1. The second-order valence-corrected chi connectivity index (χ2v) is 4.38. The number of phenolic OH excluding ortho intramolecular Hbond substituents is 1. The summed E-state index contributed by atoms with van der Waals surface area (Å²) in [7, 11) is -1.92. The van der Waals surface area contributed by atoms with Crippen molar-refractivity contribution in [2.45, 2.75) is 26.2 Å². The molecule has 0 atom stereocenters. The van der Waals surface area contributed by atoms with Gasteiger partial charge in [-0.2, -0.15) is 0 Å². The summed E-state index contributed by atoms with van der Waals surface area (Å²) in [5.74, 6) is -0.0477. The van der Waals surface area contributed by atoms with Crippen molar-refractivity contribution in [3.05, 3.63) is 23.8 Å². The van der Waals surface area contributed by atoms with Crippen LogP contribution < -0.4 is 4.65 Å². The van der Waals surface area contributed by atoms with E-state index < -0.39 is 7.32 Å². The van der Waals surface area contributed by atoms with Gasteiger partial charge in [-0.15, -0.1) is 0 Å². The average Bonchev–Trinajstić information content (AvgIpc) is 2.05. The van der Waals surface area contributed by atoms with Gasteiger partial charge in [0.15, 0.2) is 5.75 Å². The fourth-order valence-corrected chi connectivity index (χ4v) is 1.20. The van der Waals surface area contributed by atoms with Crippen molar-refractivity contribution in [3.8, 4) is 11.5 Å². The molecule has 15 heavy (non-hydrogen) atoms. The quantitative estimate of drug-likeness (QED) is 0.637. The van der Waals surface area contributed by atoms with Gasteiger partial charge >= 0.3 is 7.32 Å². The van der Waals surface area contributed by atoms with Crippen molar-refractivity contribution < 1.29 is 19.8 Å². The normalized spacial score (nSPS) is 11.3. The molecule has 0 spiro atoms. The van der Waals surface area contributed by atoms with Crippen molar-refractivity contribution in [1.82, 2.24) is 0 Å². The third-order valence-electron chi connectivity index (χ3n) is 2.06. The van der Waals surface area contributed by atoms with E-state index in [0.717, 1.165) is 5.56 Å². The van der Waals surface area contributed by atoms with Crippen LogP contribution in [-0.4, -0.2) is 22.5 Å². The molecule has 0 saturated carbocycles. The predicted molar refractivity (Wildman–Crippen MR) is 57.6 cm³/mol. The van der Waals surface area contributed by atoms with Crippen LogP contribution in [0.15, 0.2) is 18.2 Å². The highest BCUT2D eigenvalue weighted by molar-refractivity contribution is 6.33. The molecule has 0 bridgehead atoms. The first-order valence-electron chi connectivity index (χ1n) is 4.67. The van der Waals surface area contributed by atoms with E-state index in [1.54, 1.807) is 12.1 Å². The van der Waals surface area contributed by atoms with Crippen molar-refractivity contribution in [2.24, 2.45) is 0 Å². The summed E-state index contributed by atoms with van der Waals surface area (Å²) >= 11 is 0. The van der Waals surface area contributed by atoms with Crippen LogP contribution >= 0.6 is 0 Å². The maximum Gasteiger partial charge on any atom is 0.707 e. The van der Waals surface area contributed by atoms with Crippen LogP contribution in [0.1, 0.15) is 26.3 Å². The van der Waals surface area contributed by atoms with Gasteiger partial charge in [0.1, 0.15) is 5.75 Å². The maximum atomic E-state index is 9.56. The van der Waals surface area contributed by atoms with E-state index in [1.807, 2.05) is 20.8 Å². The van der Waals surface area contributed by atoms with Crippen molar-refractivity contribution in [3.63, 3.8) is 0 Å². The molecule has 0 unspecified atom stereocenters. The summed E-state index contributed by atoms with van der Waals surface area (Å²) in [6.45, 7) is 6.05. The molecule has 3 N–H and O–H groups in total. The van der Waals surface area contributed by atoms with Gasteiger partial charge in [0.25, 0.3) is 0 Å². The van der Waals surface area contributed by atoms with E-state index in [-0.39, 0.29) is 16.9 Å². The SMILES string of the molecule is CC(C)(C)c1ccc(OB(O)O)c(O)c1. The smallest absolute Gasteiger partial charge is 0.509 e. The molecule has 0 amide bonds. The van der Waals surface area contributed by atoms with Crippen LogP contribution in [0, 0.1) is 0 Å². The third-order valence-corrected chi connectivity index (χ3v) is 2.06. The minimum absolute atomic E-state index is 0.0537. The van der Waals surface area contributed by atoms with Crippen LogP contribution in [-0.2, 0) is 5.41 Å². The maximum absolute atomic E-state index is 9.56. The van der Waals surface area contributed by atoms with Gasteiger partial charge in [0, 0.05) is 0 Å². The first-order chi connectivity index (χ1) is 6.80. The van der Waals surface area contributed by atoms with Crippen molar-refractivity contribution >= 4 is 7.32 Å². The van der Waals surface area contributed by atoms with Crippen molar-refractivity contribution in [1.29, 1.82) is 0 Å². The second kappa shape index (κ2) is 4.12. The highest BCUT2D eigenvalue weighted by Crippen LogP contribution is 2.32. The van der Waals surface area contributed by atoms with E-state index in [2.05, 4.69) is 4.65 Å². The number of hydrogen-bond acceptors (Lipinski definition) is 4. The monoisotopic (exact) mass is 210 g/mol. The Labute approximate surface area is 89.3 Å². The van der Waals surface area contributed by atoms with Crippen molar-refractivity contribution in [2.75, 3.05) is 0 Å². The van der Waals surface area contributed by atoms with E-state index in [9.17, 15) is 5.11 Å². The standard InChI is InChI=1S/C10H15BO4/c1-10(2,3)7-4-5-9(8(12)6-7)15-11(13)14/h4-6,12-14H,1-3H3. The van der Waals surface area contributed by atoms with E-state index in [4.69, 9.17) is 10.0 Å². The average molecular weight is 210 g/mol. The topological polar surface area (TPSA) is 69.9 Å². The molecule has 0 radical (unpaired) electrons. The lowest BCUT2D eigenvalue weighted by Gasteiger charge is -2.20. The van der Waals surface area contributed by atoms with Gasteiger partial charge in [-0.05, 0) is 23.1 Å². The molecule has 82 valence electrons. The fourth-order valence-electron chi connectivity index (χ4n) is 1.20. The fraction of sp³-hybridized carbons (Fsp3) is 0.400. The highest BCUT2D eigenvalue weighted by atomic mass is 16.6. The Morgan fingerprint density at radius 3 is 2.20 bits per heavy atom. The largest absolute Gasteiger partial charge is 0.707 e. The van der Waals surface area contributed by atoms with Crippen LogP contribution in [0.3, 0.4) is 0 Å². The number of rotatable bonds is 2. The molecular weight excluding hydrogens is 195 g/mol. The summed E-state index contributed by atoms with van der Waals surface area (Å²) < 4.78 is 4.57. The minimum atomic E-state index is -1.92. The Bertz CT molecular complexity index is 344. The van der Waals surface area contributed by atoms with Gasteiger partial charge in [-0.3, -0.25) is 0 Å². The molecule has 1 aromatic rings. The molecule has 1 aromatic carbocycles. The minimum Gasteiger partial charge on any atom is -0.509 e. The number of phenols is 1. The Morgan fingerprint density at radius 2 is 1.80 bits per heavy atom. The number of benzene rings is 1. The Kier molecular flexibility index (Phi) is 3.26. The van der Waals surface area contributed by atoms with Crippen LogP contribution in [0.2, 0.25) is 0 Å². The zero-order chi connectivity index (χ0) is 11.6.